The molecular formula is C11H11NO. The summed E-state index contributed by atoms with van der Waals surface area (Å²) in [6, 6.07) is 9.51. The monoisotopic (exact) mass is 173 g/mol. The van der Waals surface area contributed by atoms with E-state index < -0.39 is 0 Å². The molecule has 66 valence electrons. The summed E-state index contributed by atoms with van der Waals surface area (Å²) in [7, 11) is 0. The number of aryl methyl sites for hydroxylation is 1. The number of hydrogen-bond donors (Lipinski definition) is 2. The molecule has 2 nitrogen and oxygen atoms in total. The second-order valence-corrected chi connectivity index (χ2v) is 3.26. The van der Waals surface area contributed by atoms with Crippen molar-refractivity contribution >= 4 is 16.5 Å². The van der Waals surface area contributed by atoms with Crippen molar-refractivity contribution in [3.63, 3.8) is 0 Å². The molecule has 0 aromatic heterocycles. The maximum atomic E-state index is 9.36. The number of rotatable bonds is 0. The smallest absolute Gasteiger partial charge is 0.139 e. The summed E-state index contributed by atoms with van der Waals surface area (Å²) in [4.78, 5) is 0. The number of nitrogen functional groups attached to an aromatic ring is 1. The van der Waals surface area contributed by atoms with Gasteiger partial charge in [-0.1, -0.05) is 23.8 Å². The Morgan fingerprint density at radius 2 is 1.85 bits per heavy atom. The van der Waals surface area contributed by atoms with Crippen LogP contribution in [0.3, 0.4) is 0 Å². The van der Waals surface area contributed by atoms with Crippen LogP contribution in [0.15, 0.2) is 30.3 Å². The van der Waals surface area contributed by atoms with Crippen molar-refractivity contribution in [2.45, 2.75) is 6.92 Å². The molecule has 2 aromatic rings. The highest BCUT2D eigenvalue weighted by atomic mass is 16.3. The van der Waals surface area contributed by atoms with E-state index in [4.69, 9.17) is 5.73 Å². The van der Waals surface area contributed by atoms with Gasteiger partial charge in [-0.2, -0.15) is 0 Å². The second kappa shape index (κ2) is 2.66. The van der Waals surface area contributed by atoms with Crippen LogP contribution < -0.4 is 5.73 Å². The molecule has 0 bridgehead atoms. The summed E-state index contributed by atoms with van der Waals surface area (Å²) >= 11 is 0. The topological polar surface area (TPSA) is 46.2 Å². The van der Waals surface area contributed by atoms with Crippen LogP contribution in [0.25, 0.3) is 10.8 Å². The molecule has 3 N–H and O–H groups in total. The highest BCUT2D eigenvalue weighted by molar-refractivity contribution is 5.88. The number of aromatic hydroxyl groups is 1. The zero-order valence-electron chi connectivity index (χ0n) is 7.41. The highest BCUT2D eigenvalue weighted by Crippen LogP contribution is 2.27. The molecule has 2 heteroatoms. The predicted octanol–water partition coefficient (Wildman–Crippen LogP) is 2.44. The van der Waals surface area contributed by atoms with Crippen LogP contribution >= 0.6 is 0 Å². The number of phenols is 1. The van der Waals surface area contributed by atoms with Gasteiger partial charge >= 0.3 is 0 Å². The van der Waals surface area contributed by atoms with Crippen molar-refractivity contribution in [3.8, 4) is 5.75 Å². The summed E-state index contributed by atoms with van der Waals surface area (Å²) in [6.07, 6.45) is 0. The lowest BCUT2D eigenvalue weighted by Gasteiger charge is -2.03. The van der Waals surface area contributed by atoms with Crippen LogP contribution in [-0.4, -0.2) is 5.11 Å². The third-order valence-electron chi connectivity index (χ3n) is 2.14. The zero-order chi connectivity index (χ0) is 9.42. The Morgan fingerprint density at radius 3 is 2.62 bits per heavy atom. The Kier molecular flexibility index (Phi) is 1.62. The normalized spacial score (nSPS) is 10.5. The Balaban J connectivity index is 2.81. The highest BCUT2D eigenvalue weighted by Gasteiger charge is 1.99. The Labute approximate surface area is 76.6 Å². The minimum absolute atomic E-state index is 0.149. The van der Waals surface area contributed by atoms with E-state index in [0.29, 0.717) is 5.69 Å². The van der Waals surface area contributed by atoms with E-state index in [1.165, 1.54) is 5.56 Å². The number of benzene rings is 2. The van der Waals surface area contributed by atoms with E-state index in [0.717, 1.165) is 10.8 Å². The van der Waals surface area contributed by atoms with Gasteiger partial charge in [0, 0.05) is 0 Å². The van der Waals surface area contributed by atoms with Crippen molar-refractivity contribution in [1.29, 1.82) is 0 Å². The molecule has 0 atom stereocenters. The molecule has 0 aliphatic rings. The van der Waals surface area contributed by atoms with Crippen LogP contribution in [0.4, 0.5) is 5.69 Å². The number of nitrogens with two attached hydrogens (primary N) is 1. The third-order valence-corrected chi connectivity index (χ3v) is 2.14. The molecule has 0 radical (unpaired) electrons. The fraction of sp³-hybridized carbons (Fsp3) is 0.0909. The van der Waals surface area contributed by atoms with Crippen LogP contribution in [0.1, 0.15) is 5.56 Å². The van der Waals surface area contributed by atoms with Crippen molar-refractivity contribution in [2.24, 2.45) is 0 Å². The van der Waals surface area contributed by atoms with E-state index in [1.807, 2.05) is 25.1 Å². The van der Waals surface area contributed by atoms with E-state index in [1.54, 1.807) is 12.1 Å². The van der Waals surface area contributed by atoms with Gasteiger partial charge in [0.1, 0.15) is 5.75 Å². The molecule has 0 aliphatic heterocycles. The van der Waals surface area contributed by atoms with Crippen LogP contribution in [0.2, 0.25) is 0 Å². The predicted molar refractivity (Wildman–Crippen MR) is 54.8 cm³/mol. The first-order valence-electron chi connectivity index (χ1n) is 4.16. The molecule has 0 fully saturated rings. The van der Waals surface area contributed by atoms with E-state index in [9.17, 15) is 5.11 Å². The molecule has 13 heavy (non-hydrogen) atoms. The van der Waals surface area contributed by atoms with Crippen LogP contribution in [0.5, 0.6) is 5.75 Å². The lowest BCUT2D eigenvalue weighted by atomic mass is 10.1. The molecule has 0 spiro atoms. The second-order valence-electron chi connectivity index (χ2n) is 3.26. The quantitative estimate of drug-likeness (QED) is 0.474. The van der Waals surface area contributed by atoms with Crippen molar-refractivity contribution in [1.82, 2.24) is 0 Å². The zero-order valence-corrected chi connectivity index (χ0v) is 7.41. The Bertz CT molecular complexity index is 463. The van der Waals surface area contributed by atoms with Gasteiger partial charge in [-0.3, -0.25) is 0 Å². The lowest BCUT2D eigenvalue weighted by molar-refractivity contribution is 0.479. The number of fused-ring (bicyclic) bond motifs is 1. The molecule has 0 heterocycles. The summed E-state index contributed by atoms with van der Waals surface area (Å²) in [6.45, 7) is 2.03. The number of phenolic OH excluding ortho intramolecular Hbond substituents is 1. The van der Waals surface area contributed by atoms with Crippen LogP contribution in [0, 0.1) is 6.92 Å². The standard InChI is InChI=1S/C11H11NO/c1-7-2-3-8-6-11(13)10(12)5-9(8)4-7/h2-6,13H,12H2,1H3. The van der Waals surface area contributed by atoms with Gasteiger partial charge in [-0.15, -0.1) is 0 Å². The van der Waals surface area contributed by atoms with Crippen molar-refractivity contribution in [2.75, 3.05) is 5.73 Å². The van der Waals surface area contributed by atoms with E-state index in [-0.39, 0.29) is 5.75 Å². The van der Waals surface area contributed by atoms with Crippen molar-refractivity contribution in [3.05, 3.63) is 35.9 Å². The molecule has 2 aromatic carbocycles. The average molecular weight is 173 g/mol. The van der Waals surface area contributed by atoms with E-state index >= 15 is 0 Å². The summed E-state index contributed by atoms with van der Waals surface area (Å²) in [5.74, 6) is 0.149. The molecule has 0 amide bonds. The average Bonchev–Trinajstić information content (AvgIpc) is 2.08. The fourth-order valence-corrected chi connectivity index (χ4v) is 1.42. The van der Waals surface area contributed by atoms with Gasteiger partial charge in [-0.25, -0.2) is 0 Å². The molecule has 0 aliphatic carbocycles. The maximum Gasteiger partial charge on any atom is 0.139 e. The SMILES string of the molecule is Cc1ccc2cc(O)c(N)cc2c1. The molecule has 0 saturated carbocycles. The summed E-state index contributed by atoms with van der Waals surface area (Å²) in [5.41, 5.74) is 7.21. The molecule has 0 unspecified atom stereocenters. The third kappa shape index (κ3) is 1.31. The summed E-state index contributed by atoms with van der Waals surface area (Å²) < 4.78 is 0. The minimum Gasteiger partial charge on any atom is -0.506 e. The minimum atomic E-state index is 0.149. The maximum absolute atomic E-state index is 9.36. The molecule has 2 rings (SSSR count). The Hall–Kier alpha value is -1.70. The van der Waals surface area contributed by atoms with Gasteiger partial charge in [0.15, 0.2) is 0 Å². The van der Waals surface area contributed by atoms with Gasteiger partial charge in [0.05, 0.1) is 5.69 Å². The first-order valence-corrected chi connectivity index (χ1v) is 4.16. The molecule has 0 saturated heterocycles. The first kappa shape index (κ1) is 7.92. The molecular weight excluding hydrogens is 162 g/mol. The van der Waals surface area contributed by atoms with Gasteiger partial charge in [0.2, 0.25) is 0 Å². The van der Waals surface area contributed by atoms with Crippen LogP contribution in [-0.2, 0) is 0 Å². The lowest BCUT2D eigenvalue weighted by Crippen LogP contribution is -1.85. The van der Waals surface area contributed by atoms with E-state index in [2.05, 4.69) is 0 Å². The first-order chi connectivity index (χ1) is 6.16. The fourth-order valence-electron chi connectivity index (χ4n) is 1.42. The summed E-state index contributed by atoms with van der Waals surface area (Å²) in [5, 5.41) is 11.4. The van der Waals surface area contributed by atoms with Gasteiger partial charge in [-0.05, 0) is 29.8 Å². The van der Waals surface area contributed by atoms with Crippen molar-refractivity contribution < 1.29 is 5.11 Å². The number of hydrogen-bond acceptors (Lipinski definition) is 2. The van der Waals surface area contributed by atoms with Gasteiger partial charge in [0.25, 0.3) is 0 Å². The largest absolute Gasteiger partial charge is 0.506 e. The number of anilines is 1. The van der Waals surface area contributed by atoms with Gasteiger partial charge < -0.3 is 10.8 Å². The Morgan fingerprint density at radius 1 is 1.08 bits per heavy atom.